The Bertz CT molecular complexity index is 566. The number of aromatic nitrogens is 3. The first-order valence-electron chi connectivity index (χ1n) is 5.08. The predicted molar refractivity (Wildman–Crippen MR) is 57.7 cm³/mol. The first kappa shape index (κ1) is 11.3. The highest BCUT2D eigenvalue weighted by molar-refractivity contribution is 5.87. The standard InChI is InChI=1S/C11H10FN3O2/c1-2-8-10(11(16)17)15(14-13-8)9-6-4-3-5-7(9)12/h3-6H,2H2,1H3,(H,16,17). The van der Waals surface area contributed by atoms with Gasteiger partial charge in [0, 0.05) is 0 Å². The fourth-order valence-electron chi connectivity index (χ4n) is 1.56. The Morgan fingerprint density at radius 2 is 2.18 bits per heavy atom. The van der Waals surface area contributed by atoms with Crippen LogP contribution in [0.5, 0.6) is 0 Å². The van der Waals surface area contributed by atoms with Gasteiger partial charge in [0.05, 0.1) is 5.69 Å². The maximum atomic E-state index is 13.6. The quantitative estimate of drug-likeness (QED) is 0.878. The molecule has 1 aromatic carbocycles. The molecule has 0 unspecified atom stereocenters. The number of carbonyl (C=O) groups is 1. The van der Waals surface area contributed by atoms with Crippen molar-refractivity contribution in [1.29, 1.82) is 0 Å². The van der Waals surface area contributed by atoms with Gasteiger partial charge in [0.15, 0.2) is 5.69 Å². The molecule has 2 aromatic rings. The maximum Gasteiger partial charge on any atom is 0.356 e. The number of aryl methyl sites for hydroxylation is 1. The van der Waals surface area contributed by atoms with E-state index in [1.807, 2.05) is 0 Å². The van der Waals surface area contributed by atoms with Crippen LogP contribution >= 0.6 is 0 Å². The molecule has 1 N–H and O–H groups in total. The predicted octanol–water partition coefficient (Wildman–Crippen LogP) is 1.67. The van der Waals surface area contributed by atoms with Gasteiger partial charge in [-0.25, -0.2) is 13.9 Å². The number of halogens is 1. The lowest BCUT2D eigenvalue weighted by Gasteiger charge is -2.04. The van der Waals surface area contributed by atoms with Crippen LogP contribution in [0.25, 0.3) is 5.69 Å². The fraction of sp³-hybridized carbons (Fsp3) is 0.182. The van der Waals surface area contributed by atoms with Crippen molar-refractivity contribution in [1.82, 2.24) is 15.0 Å². The summed E-state index contributed by atoms with van der Waals surface area (Å²) in [6.45, 7) is 1.77. The molecule has 0 bridgehead atoms. The first-order valence-corrected chi connectivity index (χ1v) is 5.08. The number of benzene rings is 1. The number of para-hydroxylation sites is 1. The van der Waals surface area contributed by atoms with Crippen LogP contribution in [0.4, 0.5) is 4.39 Å². The van der Waals surface area contributed by atoms with E-state index in [-0.39, 0.29) is 11.4 Å². The van der Waals surface area contributed by atoms with Gasteiger partial charge in [-0.15, -0.1) is 5.10 Å². The van der Waals surface area contributed by atoms with Crippen molar-refractivity contribution in [3.63, 3.8) is 0 Å². The Kier molecular flexibility index (Phi) is 2.86. The average Bonchev–Trinajstić information content (AvgIpc) is 2.73. The van der Waals surface area contributed by atoms with Gasteiger partial charge in [0.1, 0.15) is 11.5 Å². The van der Waals surface area contributed by atoms with Crippen molar-refractivity contribution in [3.8, 4) is 5.69 Å². The number of aromatic carboxylic acids is 1. The molecule has 0 aliphatic carbocycles. The molecule has 0 radical (unpaired) electrons. The van der Waals surface area contributed by atoms with Crippen molar-refractivity contribution in [2.24, 2.45) is 0 Å². The van der Waals surface area contributed by atoms with E-state index in [0.29, 0.717) is 12.1 Å². The minimum atomic E-state index is -1.17. The summed E-state index contributed by atoms with van der Waals surface area (Å²) < 4.78 is 14.6. The lowest BCUT2D eigenvalue weighted by molar-refractivity contribution is 0.0685. The van der Waals surface area contributed by atoms with E-state index in [4.69, 9.17) is 5.11 Å². The Balaban J connectivity index is 2.64. The van der Waals surface area contributed by atoms with Crippen molar-refractivity contribution in [2.45, 2.75) is 13.3 Å². The van der Waals surface area contributed by atoms with Gasteiger partial charge in [-0.1, -0.05) is 24.3 Å². The van der Waals surface area contributed by atoms with Gasteiger partial charge in [-0.05, 0) is 18.6 Å². The number of rotatable bonds is 3. The molecule has 5 nitrogen and oxygen atoms in total. The van der Waals surface area contributed by atoms with Crippen LogP contribution in [0, 0.1) is 5.82 Å². The van der Waals surface area contributed by atoms with Crippen molar-refractivity contribution in [2.75, 3.05) is 0 Å². The third-order valence-corrected chi connectivity index (χ3v) is 2.36. The summed E-state index contributed by atoms with van der Waals surface area (Å²) >= 11 is 0. The van der Waals surface area contributed by atoms with E-state index in [1.54, 1.807) is 13.0 Å². The third-order valence-electron chi connectivity index (χ3n) is 2.36. The second kappa shape index (κ2) is 4.32. The molecular formula is C11H10FN3O2. The number of nitrogens with zero attached hydrogens (tertiary/aromatic N) is 3. The van der Waals surface area contributed by atoms with Crippen LogP contribution in [-0.4, -0.2) is 26.1 Å². The molecule has 0 saturated heterocycles. The lowest BCUT2D eigenvalue weighted by atomic mass is 10.2. The first-order chi connectivity index (χ1) is 8.15. The minimum Gasteiger partial charge on any atom is -0.476 e. The Labute approximate surface area is 96.5 Å². The van der Waals surface area contributed by atoms with Crippen LogP contribution in [0.3, 0.4) is 0 Å². The van der Waals surface area contributed by atoms with Crippen molar-refractivity contribution < 1.29 is 14.3 Å². The molecule has 0 atom stereocenters. The monoisotopic (exact) mass is 235 g/mol. The SMILES string of the molecule is CCc1nnn(-c2ccccc2F)c1C(=O)O. The van der Waals surface area contributed by atoms with Gasteiger partial charge in [0.25, 0.3) is 0 Å². The van der Waals surface area contributed by atoms with E-state index in [0.717, 1.165) is 4.68 Å². The Morgan fingerprint density at radius 3 is 2.76 bits per heavy atom. The van der Waals surface area contributed by atoms with Gasteiger partial charge in [0.2, 0.25) is 0 Å². The number of carboxylic acids is 1. The highest BCUT2D eigenvalue weighted by atomic mass is 19.1. The van der Waals surface area contributed by atoms with Crippen LogP contribution < -0.4 is 0 Å². The van der Waals surface area contributed by atoms with Gasteiger partial charge < -0.3 is 5.11 Å². The largest absolute Gasteiger partial charge is 0.476 e. The van der Waals surface area contributed by atoms with Crippen molar-refractivity contribution in [3.05, 3.63) is 41.5 Å². The fourth-order valence-corrected chi connectivity index (χ4v) is 1.56. The second-order valence-electron chi connectivity index (χ2n) is 3.41. The zero-order valence-electron chi connectivity index (χ0n) is 9.09. The lowest BCUT2D eigenvalue weighted by Crippen LogP contribution is -2.11. The third kappa shape index (κ3) is 1.89. The number of hydrogen-bond acceptors (Lipinski definition) is 3. The van der Waals surface area contributed by atoms with E-state index in [9.17, 15) is 9.18 Å². The molecule has 6 heteroatoms. The molecule has 0 spiro atoms. The molecule has 1 aromatic heterocycles. The highest BCUT2D eigenvalue weighted by Crippen LogP contribution is 2.16. The van der Waals surface area contributed by atoms with Gasteiger partial charge >= 0.3 is 5.97 Å². The van der Waals surface area contributed by atoms with Crippen molar-refractivity contribution >= 4 is 5.97 Å². The number of hydrogen-bond donors (Lipinski definition) is 1. The molecule has 88 valence electrons. The van der Waals surface area contributed by atoms with E-state index in [1.165, 1.54) is 18.2 Å². The van der Waals surface area contributed by atoms with E-state index < -0.39 is 11.8 Å². The summed E-state index contributed by atoms with van der Waals surface area (Å²) in [5.74, 6) is -1.71. The van der Waals surface area contributed by atoms with Crippen LogP contribution in [0.2, 0.25) is 0 Å². The molecule has 0 aliphatic rings. The molecule has 17 heavy (non-hydrogen) atoms. The topological polar surface area (TPSA) is 68.0 Å². The maximum absolute atomic E-state index is 13.6. The number of carboxylic acid groups (broad SMARTS) is 1. The molecular weight excluding hydrogens is 225 g/mol. The average molecular weight is 235 g/mol. The Hall–Kier alpha value is -2.24. The minimum absolute atomic E-state index is 0.0806. The summed E-state index contributed by atoms with van der Waals surface area (Å²) in [6, 6.07) is 5.83. The molecule has 0 saturated carbocycles. The molecule has 1 heterocycles. The molecule has 0 amide bonds. The Morgan fingerprint density at radius 1 is 1.47 bits per heavy atom. The highest BCUT2D eigenvalue weighted by Gasteiger charge is 2.20. The normalized spacial score (nSPS) is 10.5. The van der Waals surface area contributed by atoms with Crippen LogP contribution in [-0.2, 0) is 6.42 Å². The van der Waals surface area contributed by atoms with Gasteiger partial charge in [-0.2, -0.15) is 0 Å². The van der Waals surface area contributed by atoms with Crippen LogP contribution in [0.15, 0.2) is 24.3 Å². The summed E-state index contributed by atoms with van der Waals surface area (Å²) in [5.41, 5.74) is 0.315. The zero-order valence-corrected chi connectivity index (χ0v) is 9.09. The van der Waals surface area contributed by atoms with Crippen LogP contribution in [0.1, 0.15) is 23.1 Å². The zero-order chi connectivity index (χ0) is 12.4. The summed E-state index contributed by atoms with van der Waals surface area (Å²) in [5, 5.41) is 16.5. The smallest absolute Gasteiger partial charge is 0.356 e. The second-order valence-corrected chi connectivity index (χ2v) is 3.41. The summed E-state index contributed by atoms with van der Waals surface area (Å²) in [4.78, 5) is 11.1. The van der Waals surface area contributed by atoms with Gasteiger partial charge in [-0.3, -0.25) is 0 Å². The molecule has 2 rings (SSSR count). The molecule has 0 aliphatic heterocycles. The summed E-state index contributed by atoms with van der Waals surface area (Å²) in [6.07, 6.45) is 0.427. The van der Waals surface area contributed by atoms with E-state index in [2.05, 4.69) is 10.3 Å². The summed E-state index contributed by atoms with van der Waals surface area (Å²) in [7, 11) is 0. The van der Waals surface area contributed by atoms with E-state index >= 15 is 0 Å². The molecule has 0 fully saturated rings.